The summed E-state index contributed by atoms with van der Waals surface area (Å²) in [5, 5.41) is 1.98. The monoisotopic (exact) mass is 910 g/mol. The van der Waals surface area contributed by atoms with E-state index in [0.717, 1.165) is 77.9 Å². The Hall–Kier alpha value is -9.19. The largest absolute Gasteiger partial charge is 0.456 e. The van der Waals surface area contributed by atoms with Crippen LogP contribution in [0.4, 0.5) is 17.1 Å². The van der Waals surface area contributed by atoms with E-state index in [4.69, 9.17) is 19.4 Å². The van der Waals surface area contributed by atoms with Crippen LogP contribution in [0.15, 0.2) is 247 Å². The number of furan rings is 1. The molecule has 336 valence electrons. The van der Waals surface area contributed by atoms with Crippen molar-refractivity contribution >= 4 is 39.0 Å². The van der Waals surface area contributed by atoms with E-state index in [0.29, 0.717) is 17.5 Å². The predicted octanol–water partition coefficient (Wildman–Crippen LogP) is 17.5. The third kappa shape index (κ3) is 7.47. The van der Waals surface area contributed by atoms with E-state index in [-0.39, 0.29) is 5.41 Å². The second-order valence-electron chi connectivity index (χ2n) is 18.8. The number of anilines is 3. The Morgan fingerprint density at radius 1 is 0.338 bits per heavy atom. The van der Waals surface area contributed by atoms with Gasteiger partial charge in [-0.1, -0.05) is 196 Å². The fourth-order valence-electron chi connectivity index (χ4n) is 10.5. The third-order valence-electron chi connectivity index (χ3n) is 14.1. The standard InChI is InChI=1S/C66H46N4O/c1-66(2)57-25-13-12-24-54(57)62-58(66)26-15-27-59(62)70(52-35-32-47(33-36-52)44-18-8-4-9-19-44)53-37-39-61-56(42-53)55-41-51(34-38-60(55)71-61)65-68-63(48-30-28-46(29-31-48)43-16-6-3-7-17-43)67-64(69-65)50-23-14-22-49(40-50)45-20-10-5-11-21-45/h3-42H,1-2H3. The number of aromatic nitrogens is 3. The first kappa shape index (κ1) is 42.0. The molecule has 12 aromatic rings. The summed E-state index contributed by atoms with van der Waals surface area (Å²) >= 11 is 0. The maximum absolute atomic E-state index is 6.62. The Labute approximate surface area is 413 Å². The van der Waals surface area contributed by atoms with Gasteiger partial charge in [0, 0.05) is 49.8 Å². The van der Waals surface area contributed by atoms with Crippen LogP contribution in [0.1, 0.15) is 25.0 Å². The quantitative estimate of drug-likeness (QED) is 0.144. The molecule has 0 fully saturated rings. The van der Waals surface area contributed by atoms with E-state index in [1.807, 2.05) is 18.2 Å². The number of benzene rings is 10. The zero-order chi connectivity index (χ0) is 47.5. The molecule has 0 N–H and O–H groups in total. The highest BCUT2D eigenvalue weighted by Gasteiger charge is 2.37. The average Bonchev–Trinajstić information content (AvgIpc) is 3.93. The summed E-state index contributed by atoms with van der Waals surface area (Å²) in [6, 6.07) is 85.7. The average molecular weight is 911 g/mol. The Balaban J connectivity index is 0.960. The van der Waals surface area contributed by atoms with Gasteiger partial charge in [-0.15, -0.1) is 0 Å². The van der Waals surface area contributed by atoms with Crippen LogP contribution < -0.4 is 4.90 Å². The van der Waals surface area contributed by atoms with Gasteiger partial charge in [0.2, 0.25) is 0 Å². The van der Waals surface area contributed by atoms with E-state index >= 15 is 0 Å². The van der Waals surface area contributed by atoms with E-state index in [1.54, 1.807) is 0 Å². The highest BCUT2D eigenvalue weighted by Crippen LogP contribution is 2.54. The van der Waals surface area contributed by atoms with Gasteiger partial charge in [0.15, 0.2) is 17.5 Å². The van der Waals surface area contributed by atoms with Gasteiger partial charge in [-0.3, -0.25) is 0 Å². The van der Waals surface area contributed by atoms with Gasteiger partial charge in [-0.25, -0.2) is 15.0 Å². The third-order valence-corrected chi connectivity index (χ3v) is 14.1. The summed E-state index contributed by atoms with van der Waals surface area (Å²) in [5.41, 5.74) is 19.4. The van der Waals surface area contributed by atoms with Gasteiger partial charge in [0.25, 0.3) is 0 Å². The molecule has 13 rings (SSSR count). The number of rotatable bonds is 9. The molecule has 2 aromatic heterocycles. The van der Waals surface area contributed by atoms with E-state index in [2.05, 4.69) is 243 Å². The minimum Gasteiger partial charge on any atom is -0.456 e. The van der Waals surface area contributed by atoms with Crippen LogP contribution in [0, 0.1) is 0 Å². The van der Waals surface area contributed by atoms with Crippen LogP contribution in [0.3, 0.4) is 0 Å². The molecule has 0 saturated carbocycles. The van der Waals surface area contributed by atoms with Crippen LogP contribution in [0.2, 0.25) is 0 Å². The summed E-state index contributed by atoms with van der Waals surface area (Å²) < 4.78 is 6.62. The lowest BCUT2D eigenvalue weighted by Crippen LogP contribution is -2.16. The number of fused-ring (bicyclic) bond motifs is 6. The molecule has 71 heavy (non-hydrogen) atoms. The summed E-state index contributed by atoms with van der Waals surface area (Å²) in [7, 11) is 0. The molecule has 0 unspecified atom stereocenters. The lowest BCUT2D eigenvalue weighted by molar-refractivity contribution is 0.660. The van der Waals surface area contributed by atoms with Gasteiger partial charge < -0.3 is 9.32 Å². The van der Waals surface area contributed by atoms with Crippen LogP contribution in [0.5, 0.6) is 0 Å². The SMILES string of the molecule is CC1(C)c2ccccc2-c2c(N(c3ccc(-c4ccccc4)cc3)c3ccc4oc5ccc(-c6nc(-c7ccc(-c8ccccc8)cc7)nc(-c7cccc(-c8ccccc8)c7)n6)cc5c4c3)cccc21. The van der Waals surface area contributed by atoms with Gasteiger partial charge >= 0.3 is 0 Å². The van der Waals surface area contributed by atoms with Crippen molar-refractivity contribution in [3.05, 3.63) is 254 Å². The molecule has 10 aromatic carbocycles. The number of nitrogens with zero attached hydrogens (tertiary/aromatic N) is 4. The minimum absolute atomic E-state index is 0.156. The summed E-state index contributed by atoms with van der Waals surface area (Å²) in [6.45, 7) is 4.67. The lowest BCUT2D eigenvalue weighted by atomic mass is 9.82. The van der Waals surface area contributed by atoms with Crippen molar-refractivity contribution in [2.45, 2.75) is 19.3 Å². The maximum Gasteiger partial charge on any atom is 0.164 e. The van der Waals surface area contributed by atoms with Crippen LogP contribution in [-0.2, 0) is 5.41 Å². The van der Waals surface area contributed by atoms with E-state index < -0.39 is 0 Å². The molecule has 5 heteroatoms. The van der Waals surface area contributed by atoms with Crippen LogP contribution in [0.25, 0.3) is 101 Å². The molecule has 0 atom stereocenters. The molecule has 1 aliphatic rings. The molecule has 0 aliphatic heterocycles. The Bertz CT molecular complexity index is 3940. The van der Waals surface area contributed by atoms with Gasteiger partial charge in [0.05, 0.1) is 5.69 Å². The molecule has 1 aliphatic carbocycles. The lowest BCUT2D eigenvalue weighted by Gasteiger charge is -2.29. The molecule has 0 bridgehead atoms. The minimum atomic E-state index is -0.156. The second-order valence-corrected chi connectivity index (χ2v) is 18.8. The molecule has 2 heterocycles. The maximum atomic E-state index is 6.62. The Morgan fingerprint density at radius 2 is 0.775 bits per heavy atom. The topological polar surface area (TPSA) is 55.1 Å². The molecular weight excluding hydrogens is 865 g/mol. The highest BCUT2D eigenvalue weighted by molar-refractivity contribution is 6.08. The molecule has 0 spiro atoms. The zero-order valence-corrected chi connectivity index (χ0v) is 39.3. The first-order valence-electron chi connectivity index (χ1n) is 24.2. The van der Waals surface area contributed by atoms with Crippen molar-refractivity contribution in [3.8, 4) is 78.7 Å². The first-order valence-corrected chi connectivity index (χ1v) is 24.2. The van der Waals surface area contributed by atoms with Gasteiger partial charge in [-0.05, 0) is 111 Å². The summed E-state index contributed by atoms with van der Waals surface area (Å²) in [4.78, 5) is 18.0. The predicted molar refractivity (Wildman–Crippen MR) is 292 cm³/mol. The molecule has 5 nitrogen and oxygen atoms in total. The van der Waals surface area contributed by atoms with Crippen molar-refractivity contribution in [1.29, 1.82) is 0 Å². The molecule has 0 radical (unpaired) electrons. The van der Waals surface area contributed by atoms with Gasteiger partial charge in [-0.2, -0.15) is 0 Å². The normalized spacial score (nSPS) is 12.5. The zero-order valence-electron chi connectivity index (χ0n) is 39.3. The fourth-order valence-corrected chi connectivity index (χ4v) is 10.5. The van der Waals surface area contributed by atoms with Gasteiger partial charge in [0.1, 0.15) is 11.2 Å². The first-order chi connectivity index (χ1) is 34.9. The van der Waals surface area contributed by atoms with Crippen LogP contribution in [-0.4, -0.2) is 15.0 Å². The second kappa shape index (κ2) is 17.1. The van der Waals surface area contributed by atoms with Crippen LogP contribution >= 0.6 is 0 Å². The number of hydrogen-bond acceptors (Lipinski definition) is 5. The Kier molecular flexibility index (Phi) is 10.1. The summed E-state index contributed by atoms with van der Waals surface area (Å²) in [6.07, 6.45) is 0. The molecular formula is C66H46N4O. The summed E-state index contributed by atoms with van der Waals surface area (Å²) in [5.74, 6) is 1.78. The van der Waals surface area contributed by atoms with Crippen molar-refractivity contribution in [2.24, 2.45) is 0 Å². The smallest absolute Gasteiger partial charge is 0.164 e. The Morgan fingerprint density at radius 3 is 1.44 bits per heavy atom. The van der Waals surface area contributed by atoms with E-state index in [9.17, 15) is 0 Å². The highest BCUT2D eigenvalue weighted by atomic mass is 16.3. The van der Waals surface area contributed by atoms with Crippen molar-refractivity contribution in [3.63, 3.8) is 0 Å². The molecule has 0 amide bonds. The van der Waals surface area contributed by atoms with E-state index in [1.165, 1.54) is 33.4 Å². The molecule has 0 saturated heterocycles. The van der Waals surface area contributed by atoms with Crippen molar-refractivity contribution in [2.75, 3.05) is 4.90 Å². The number of hydrogen-bond donors (Lipinski definition) is 0. The van der Waals surface area contributed by atoms with Crippen molar-refractivity contribution in [1.82, 2.24) is 15.0 Å². The fraction of sp³-hybridized carbons (Fsp3) is 0.0455. The van der Waals surface area contributed by atoms with Crippen molar-refractivity contribution < 1.29 is 4.42 Å².